The highest BCUT2D eigenvalue weighted by atomic mass is 35.5. The van der Waals surface area contributed by atoms with E-state index in [1.54, 1.807) is 25.1 Å². The molecule has 0 aliphatic heterocycles. The molecule has 1 aliphatic rings. The van der Waals surface area contributed by atoms with Gasteiger partial charge in [0.05, 0.1) is 11.0 Å². The summed E-state index contributed by atoms with van der Waals surface area (Å²) in [6.45, 7) is 1.60. The number of carbonyl (C=O) groups is 1. The van der Waals surface area contributed by atoms with Crippen LogP contribution < -0.4 is 5.32 Å². The lowest BCUT2D eigenvalue weighted by Gasteiger charge is -2.19. The van der Waals surface area contributed by atoms with E-state index in [1.165, 1.54) is 12.1 Å². The van der Waals surface area contributed by atoms with Crippen LogP contribution in [0.3, 0.4) is 0 Å². The fourth-order valence-corrected chi connectivity index (χ4v) is 2.99. The smallest absolute Gasteiger partial charge is 0.273 e. The summed E-state index contributed by atoms with van der Waals surface area (Å²) < 4.78 is 0. The van der Waals surface area contributed by atoms with Gasteiger partial charge in [-0.1, -0.05) is 29.8 Å². The van der Waals surface area contributed by atoms with Gasteiger partial charge in [-0.25, -0.2) is 0 Å². The van der Waals surface area contributed by atoms with Gasteiger partial charge in [-0.2, -0.15) is 0 Å². The van der Waals surface area contributed by atoms with E-state index in [1.807, 2.05) is 12.1 Å². The molecule has 0 saturated heterocycles. The number of hydrogen-bond donors (Lipinski definition) is 1. The Hall–Kier alpha value is -2.40. The van der Waals surface area contributed by atoms with Gasteiger partial charge in [0.1, 0.15) is 0 Å². The van der Waals surface area contributed by atoms with Crippen LogP contribution in [-0.2, 0) is 0 Å². The molecule has 1 fully saturated rings. The fourth-order valence-electron chi connectivity index (χ4n) is 2.86. The quantitative estimate of drug-likeness (QED) is 0.643. The van der Waals surface area contributed by atoms with Crippen molar-refractivity contribution in [2.45, 2.75) is 25.8 Å². The van der Waals surface area contributed by atoms with Gasteiger partial charge in [-0.3, -0.25) is 14.9 Å². The van der Waals surface area contributed by atoms with E-state index in [2.05, 4.69) is 5.32 Å². The van der Waals surface area contributed by atoms with Crippen molar-refractivity contribution in [3.63, 3.8) is 0 Å². The first kappa shape index (κ1) is 16.5. The van der Waals surface area contributed by atoms with E-state index in [0.29, 0.717) is 22.1 Å². The Morgan fingerprint density at radius 2 is 1.92 bits per heavy atom. The first-order chi connectivity index (χ1) is 11.5. The summed E-state index contributed by atoms with van der Waals surface area (Å²) in [6, 6.07) is 11.9. The highest BCUT2D eigenvalue weighted by molar-refractivity contribution is 6.30. The third-order valence-corrected chi connectivity index (χ3v) is 4.61. The number of hydrogen-bond acceptors (Lipinski definition) is 3. The Balaban J connectivity index is 1.86. The van der Waals surface area contributed by atoms with Crippen molar-refractivity contribution in [1.82, 2.24) is 5.32 Å². The predicted octanol–water partition coefficient (Wildman–Crippen LogP) is 4.44. The molecule has 1 atom stereocenters. The summed E-state index contributed by atoms with van der Waals surface area (Å²) in [5.74, 6) is 0.108. The van der Waals surface area contributed by atoms with E-state index in [-0.39, 0.29) is 17.6 Å². The summed E-state index contributed by atoms with van der Waals surface area (Å²) in [6.07, 6.45) is 2.11. The number of nitro benzene ring substituents is 1. The van der Waals surface area contributed by atoms with Crippen LogP contribution >= 0.6 is 11.6 Å². The second-order valence-corrected chi connectivity index (χ2v) is 6.48. The second kappa shape index (κ2) is 6.61. The molecule has 0 radical (unpaired) electrons. The average molecular weight is 345 g/mol. The molecule has 0 heterocycles. The lowest BCUT2D eigenvalue weighted by atomic mass is 10.0. The highest BCUT2D eigenvalue weighted by Gasteiger charge is 2.34. The third kappa shape index (κ3) is 3.41. The van der Waals surface area contributed by atoms with Gasteiger partial charge in [-0.05, 0) is 49.4 Å². The SMILES string of the molecule is Cc1c(C(=O)NC(c2ccc(Cl)cc2)C2CC2)cccc1[N+](=O)[O-]. The van der Waals surface area contributed by atoms with E-state index < -0.39 is 4.92 Å². The van der Waals surface area contributed by atoms with Gasteiger partial charge >= 0.3 is 0 Å². The monoisotopic (exact) mass is 344 g/mol. The molecule has 1 amide bonds. The van der Waals surface area contributed by atoms with Crippen LogP contribution in [0.2, 0.25) is 5.02 Å². The van der Waals surface area contributed by atoms with Crippen LogP contribution in [0.4, 0.5) is 5.69 Å². The number of nitrogens with zero attached hydrogens (tertiary/aromatic N) is 1. The van der Waals surface area contributed by atoms with Crippen molar-refractivity contribution in [3.05, 3.63) is 74.3 Å². The van der Waals surface area contributed by atoms with Crippen molar-refractivity contribution in [3.8, 4) is 0 Å². The predicted molar refractivity (Wildman–Crippen MR) is 92.2 cm³/mol. The average Bonchev–Trinajstić information content (AvgIpc) is 3.38. The lowest BCUT2D eigenvalue weighted by Crippen LogP contribution is -2.30. The number of halogens is 1. The van der Waals surface area contributed by atoms with Crippen LogP contribution in [0, 0.1) is 23.0 Å². The van der Waals surface area contributed by atoms with Crippen LogP contribution in [0.15, 0.2) is 42.5 Å². The molecule has 2 aromatic carbocycles. The largest absolute Gasteiger partial charge is 0.345 e. The minimum atomic E-state index is -0.469. The van der Waals surface area contributed by atoms with Crippen molar-refractivity contribution in [1.29, 1.82) is 0 Å². The molecular weight excluding hydrogens is 328 g/mol. The third-order valence-electron chi connectivity index (χ3n) is 4.36. The molecule has 2 aromatic rings. The zero-order chi connectivity index (χ0) is 17.3. The molecule has 3 rings (SSSR count). The van der Waals surface area contributed by atoms with Crippen molar-refractivity contribution >= 4 is 23.2 Å². The topological polar surface area (TPSA) is 72.2 Å². The molecule has 124 valence electrons. The van der Waals surface area contributed by atoms with Crippen molar-refractivity contribution in [2.75, 3.05) is 0 Å². The summed E-state index contributed by atoms with van der Waals surface area (Å²) in [5, 5.41) is 14.7. The number of nitro groups is 1. The molecule has 1 unspecified atom stereocenters. The number of carbonyl (C=O) groups excluding carboxylic acids is 1. The maximum Gasteiger partial charge on any atom is 0.273 e. The van der Waals surface area contributed by atoms with Gasteiger partial charge in [0.15, 0.2) is 0 Å². The van der Waals surface area contributed by atoms with Gasteiger partial charge < -0.3 is 5.32 Å². The molecule has 1 aliphatic carbocycles. The van der Waals surface area contributed by atoms with E-state index in [4.69, 9.17) is 11.6 Å². The molecule has 5 nitrogen and oxygen atoms in total. The molecule has 6 heteroatoms. The number of rotatable bonds is 5. The normalized spacial score (nSPS) is 14.9. The fraction of sp³-hybridized carbons (Fsp3) is 0.278. The molecule has 0 bridgehead atoms. The Morgan fingerprint density at radius 1 is 1.25 bits per heavy atom. The second-order valence-electron chi connectivity index (χ2n) is 6.05. The van der Waals surface area contributed by atoms with Crippen LogP contribution in [0.5, 0.6) is 0 Å². The highest BCUT2D eigenvalue weighted by Crippen LogP contribution is 2.41. The van der Waals surface area contributed by atoms with Crippen molar-refractivity contribution < 1.29 is 9.72 Å². The Morgan fingerprint density at radius 3 is 2.50 bits per heavy atom. The zero-order valence-electron chi connectivity index (χ0n) is 13.2. The van der Waals surface area contributed by atoms with Gasteiger partial charge in [0, 0.05) is 22.2 Å². The van der Waals surface area contributed by atoms with E-state index in [9.17, 15) is 14.9 Å². The summed E-state index contributed by atoms with van der Waals surface area (Å²) in [4.78, 5) is 23.2. The van der Waals surface area contributed by atoms with Gasteiger partial charge in [0.2, 0.25) is 0 Å². The first-order valence-corrected chi connectivity index (χ1v) is 8.15. The molecule has 1 N–H and O–H groups in total. The summed E-state index contributed by atoms with van der Waals surface area (Å²) in [7, 11) is 0. The minimum Gasteiger partial charge on any atom is -0.345 e. The molecule has 24 heavy (non-hydrogen) atoms. The Bertz CT molecular complexity index is 785. The minimum absolute atomic E-state index is 0.0443. The van der Waals surface area contributed by atoms with Crippen LogP contribution in [-0.4, -0.2) is 10.8 Å². The summed E-state index contributed by atoms with van der Waals surface area (Å²) in [5.41, 5.74) is 1.67. The zero-order valence-corrected chi connectivity index (χ0v) is 13.9. The molecular formula is C18H17ClN2O3. The van der Waals surface area contributed by atoms with Crippen LogP contribution in [0.25, 0.3) is 0 Å². The van der Waals surface area contributed by atoms with Crippen molar-refractivity contribution in [2.24, 2.45) is 5.92 Å². The number of nitrogens with one attached hydrogen (secondary N) is 1. The lowest BCUT2D eigenvalue weighted by molar-refractivity contribution is -0.385. The molecule has 0 aromatic heterocycles. The first-order valence-electron chi connectivity index (χ1n) is 7.77. The van der Waals surface area contributed by atoms with Crippen LogP contribution in [0.1, 0.15) is 40.4 Å². The maximum atomic E-state index is 12.7. The number of benzene rings is 2. The maximum absolute atomic E-state index is 12.7. The summed E-state index contributed by atoms with van der Waals surface area (Å²) >= 11 is 5.93. The Labute approximate surface area is 144 Å². The van der Waals surface area contributed by atoms with E-state index >= 15 is 0 Å². The van der Waals surface area contributed by atoms with Gasteiger partial charge in [0.25, 0.3) is 11.6 Å². The molecule has 1 saturated carbocycles. The van der Waals surface area contributed by atoms with E-state index in [0.717, 1.165) is 18.4 Å². The molecule has 0 spiro atoms. The standard InChI is InChI=1S/C18H17ClN2O3/c1-11-15(3-2-4-16(11)21(23)24)18(22)20-17(12-5-6-12)13-7-9-14(19)10-8-13/h2-4,7-10,12,17H,5-6H2,1H3,(H,20,22). The number of amides is 1. The van der Waals surface area contributed by atoms with Gasteiger partial charge in [-0.15, -0.1) is 0 Å². The Kier molecular flexibility index (Phi) is 4.53.